The molecule has 0 radical (unpaired) electrons. The predicted molar refractivity (Wildman–Crippen MR) is 129 cm³/mol. The Hall–Kier alpha value is -3.62. The number of rotatable bonds is 6. The molecule has 33 heavy (non-hydrogen) atoms. The number of carbonyl (C=O) groups excluding carboxylic acids is 1. The molecule has 0 fully saturated rings. The maximum Gasteiger partial charge on any atom is 0.262 e. The summed E-state index contributed by atoms with van der Waals surface area (Å²) in [7, 11) is 0. The van der Waals surface area contributed by atoms with E-state index >= 15 is 0 Å². The van der Waals surface area contributed by atoms with Gasteiger partial charge in [-0.3, -0.25) is 9.78 Å². The molecule has 9 heteroatoms. The number of hydrogen-bond donors (Lipinski definition) is 2. The van der Waals surface area contributed by atoms with Crippen LogP contribution in [0.4, 0.5) is 5.69 Å². The van der Waals surface area contributed by atoms with Gasteiger partial charge >= 0.3 is 0 Å². The molecule has 0 saturated heterocycles. The van der Waals surface area contributed by atoms with Crippen LogP contribution in [0.1, 0.15) is 15.9 Å². The minimum absolute atomic E-state index is 0.0768. The minimum atomic E-state index is -0.418. The van der Waals surface area contributed by atoms with Crippen molar-refractivity contribution >= 4 is 35.0 Å². The van der Waals surface area contributed by atoms with Crippen molar-refractivity contribution in [2.24, 2.45) is 0 Å². The van der Waals surface area contributed by atoms with E-state index in [1.807, 2.05) is 24.5 Å². The van der Waals surface area contributed by atoms with E-state index in [-0.39, 0.29) is 23.6 Å². The second-order valence-electron chi connectivity index (χ2n) is 7.06. The van der Waals surface area contributed by atoms with E-state index in [4.69, 9.17) is 11.6 Å². The van der Waals surface area contributed by atoms with Crippen molar-refractivity contribution < 1.29 is 15.0 Å². The molecule has 0 aliphatic carbocycles. The fourth-order valence-corrected chi connectivity index (χ4v) is 3.86. The van der Waals surface area contributed by atoms with Crippen LogP contribution in [-0.4, -0.2) is 37.3 Å². The summed E-state index contributed by atoms with van der Waals surface area (Å²) in [5.74, 6) is -0.841. The topological polar surface area (TPSA) is 99.4 Å². The molecule has 2 heterocycles. The average molecular weight is 479 g/mol. The fraction of sp³-hybridized carbons (Fsp3) is 0.0833. The Kier molecular flexibility index (Phi) is 6.76. The molecule has 4 rings (SSSR count). The summed E-state index contributed by atoms with van der Waals surface area (Å²) in [6, 6.07) is 16.5. The van der Waals surface area contributed by atoms with E-state index in [2.05, 4.69) is 15.0 Å². The lowest BCUT2D eigenvalue weighted by atomic mass is 10.1. The van der Waals surface area contributed by atoms with E-state index in [1.165, 1.54) is 28.8 Å². The number of aromatic hydroxyl groups is 2. The second-order valence-corrected chi connectivity index (χ2v) is 8.22. The Morgan fingerprint density at radius 1 is 1.06 bits per heavy atom. The summed E-state index contributed by atoms with van der Waals surface area (Å²) in [6.07, 6.45) is 5.21. The van der Waals surface area contributed by atoms with Crippen LogP contribution in [0.5, 0.6) is 11.5 Å². The van der Waals surface area contributed by atoms with Crippen LogP contribution in [0.25, 0.3) is 11.3 Å². The summed E-state index contributed by atoms with van der Waals surface area (Å²) in [5.41, 5.74) is 3.01. The molecule has 0 spiro atoms. The lowest BCUT2D eigenvalue weighted by Gasteiger charge is -2.24. The molecule has 1 amide bonds. The normalized spacial score (nSPS) is 10.7. The first-order valence-electron chi connectivity index (χ1n) is 9.86. The first kappa shape index (κ1) is 22.6. The van der Waals surface area contributed by atoms with Crippen molar-refractivity contribution in [1.82, 2.24) is 15.0 Å². The SMILES string of the molecule is CSc1nc(Cl)cc(-c2ccc(N(Cc3cccnc3)C(=O)c3ccc(O)cc3O)cc2)n1. The molecule has 4 aromatic rings. The molecule has 0 bridgehead atoms. The molecule has 7 nitrogen and oxygen atoms in total. The highest BCUT2D eigenvalue weighted by atomic mass is 35.5. The lowest BCUT2D eigenvalue weighted by molar-refractivity contribution is 0.0982. The van der Waals surface area contributed by atoms with Crippen molar-refractivity contribution in [2.45, 2.75) is 11.7 Å². The molecule has 2 aromatic carbocycles. The number of benzene rings is 2. The van der Waals surface area contributed by atoms with Crippen LogP contribution < -0.4 is 4.90 Å². The Labute approximate surface area is 199 Å². The zero-order valence-corrected chi connectivity index (χ0v) is 19.1. The van der Waals surface area contributed by atoms with Gasteiger partial charge in [0, 0.05) is 35.8 Å². The molecular weight excluding hydrogens is 460 g/mol. The maximum absolute atomic E-state index is 13.4. The average Bonchev–Trinajstić information content (AvgIpc) is 2.82. The number of phenolic OH excluding ortho intramolecular Hbond substituents is 2. The number of pyridine rings is 1. The van der Waals surface area contributed by atoms with Crippen molar-refractivity contribution in [3.05, 3.63) is 89.3 Å². The Morgan fingerprint density at radius 3 is 2.52 bits per heavy atom. The van der Waals surface area contributed by atoms with Gasteiger partial charge in [0.1, 0.15) is 16.7 Å². The Bertz CT molecular complexity index is 1290. The van der Waals surface area contributed by atoms with Gasteiger partial charge in [-0.25, -0.2) is 9.97 Å². The van der Waals surface area contributed by atoms with E-state index in [0.29, 0.717) is 21.7 Å². The third-order valence-electron chi connectivity index (χ3n) is 4.85. The van der Waals surface area contributed by atoms with Gasteiger partial charge in [0.2, 0.25) is 0 Å². The number of carbonyl (C=O) groups is 1. The summed E-state index contributed by atoms with van der Waals surface area (Å²) in [5, 5.41) is 20.8. The minimum Gasteiger partial charge on any atom is -0.508 e. The highest BCUT2D eigenvalue weighted by Gasteiger charge is 2.22. The van der Waals surface area contributed by atoms with Gasteiger partial charge in [-0.1, -0.05) is 41.6 Å². The molecule has 2 aromatic heterocycles. The Morgan fingerprint density at radius 2 is 1.85 bits per heavy atom. The number of phenols is 2. The van der Waals surface area contributed by atoms with Crippen LogP contribution in [0.15, 0.2) is 78.2 Å². The van der Waals surface area contributed by atoms with E-state index < -0.39 is 5.91 Å². The van der Waals surface area contributed by atoms with Crippen molar-refractivity contribution in [3.8, 4) is 22.8 Å². The van der Waals surface area contributed by atoms with Gasteiger partial charge in [0.15, 0.2) is 5.16 Å². The van der Waals surface area contributed by atoms with Gasteiger partial charge < -0.3 is 15.1 Å². The van der Waals surface area contributed by atoms with Crippen LogP contribution in [0, 0.1) is 0 Å². The standard InChI is InChI=1S/C24H19ClN4O3S/c1-33-24-27-20(12-22(25)28-24)16-4-6-17(7-5-16)29(14-15-3-2-10-26-13-15)23(32)19-9-8-18(30)11-21(19)31/h2-13,30-31H,14H2,1H3. The smallest absolute Gasteiger partial charge is 0.262 e. The van der Waals surface area contributed by atoms with E-state index in [0.717, 1.165) is 17.2 Å². The predicted octanol–water partition coefficient (Wildman–Crippen LogP) is 5.17. The van der Waals surface area contributed by atoms with Gasteiger partial charge in [-0.2, -0.15) is 0 Å². The molecule has 166 valence electrons. The van der Waals surface area contributed by atoms with Gasteiger partial charge in [-0.15, -0.1) is 0 Å². The largest absolute Gasteiger partial charge is 0.508 e. The highest BCUT2D eigenvalue weighted by Crippen LogP contribution is 2.29. The van der Waals surface area contributed by atoms with E-state index in [9.17, 15) is 15.0 Å². The van der Waals surface area contributed by atoms with Crippen molar-refractivity contribution in [3.63, 3.8) is 0 Å². The number of halogens is 1. The first-order chi connectivity index (χ1) is 15.9. The van der Waals surface area contributed by atoms with E-state index in [1.54, 1.807) is 36.7 Å². The lowest BCUT2D eigenvalue weighted by Crippen LogP contribution is -2.30. The van der Waals surface area contributed by atoms with Gasteiger partial charge in [0.25, 0.3) is 5.91 Å². The third kappa shape index (κ3) is 5.24. The zero-order valence-electron chi connectivity index (χ0n) is 17.5. The van der Waals surface area contributed by atoms with Crippen LogP contribution in [0.2, 0.25) is 5.15 Å². The molecule has 0 unspecified atom stereocenters. The molecular formula is C24H19ClN4O3S. The molecule has 0 atom stereocenters. The van der Waals surface area contributed by atoms with Crippen LogP contribution in [-0.2, 0) is 6.54 Å². The summed E-state index contributed by atoms with van der Waals surface area (Å²) in [4.78, 5) is 27.7. The second kappa shape index (κ2) is 9.89. The maximum atomic E-state index is 13.4. The molecule has 0 saturated carbocycles. The number of amides is 1. The fourth-order valence-electron chi connectivity index (χ4n) is 3.25. The van der Waals surface area contributed by atoms with Crippen LogP contribution in [0.3, 0.4) is 0 Å². The van der Waals surface area contributed by atoms with Gasteiger partial charge in [-0.05, 0) is 42.2 Å². The highest BCUT2D eigenvalue weighted by molar-refractivity contribution is 7.98. The number of thioether (sulfide) groups is 1. The third-order valence-corrected chi connectivity index (χ3v) is 5.59. The number of anilines is 1. The monoisotopic (exact) mass is 478 g/mol. The summed E-state index contributed by atoms with van der Waals surface area (Å²) in [6.45, 7) is 0.238. The number of nitrogens with zero attached hydrogens (tertiary/aromatic N) is 4. The number of aromatic nitrogens is 3. The number of hydrogen-bond acceptors (Lipinski definition) is 7. The van der Waals surface area contributed by atoms with Crippen molar-refractivity contribution in [2.75, 3.05) is 11.2 Å². The summed E-state index contributed by atoms with van der Waals surface area (Å²) >= 11 is 7.52. The van der Waals surface area contributed by atoms with Crippen LogP contribution >= 0.6 is 23.4 Å². The van der Waals surface area contributed by atoms with Crippen molar-refractivity contribution in [1.29, 1.82) is 0 Å². The molecule has 0 aliphatic heterocycles. The summed E-state index contributed by atoms with van der Waals surface area (Å²) < 4.78 is 0. The first-order valence-corrected chi connectivity index (χ1v) is 11.5. The van der Waals surface area contributed by atoms with Gasteiger partial charge in [0.05, 0.1) is 17.8 Å². The Balaban J connectivity index is 1.71. The molecule has 2 N–H and O–H groups in total. The quantitative estimate of drug-likeness (QED) is 0.224. The zero-order chi connectivity index (χ0) is 23.4. The molecule has 0 aliphatic rings.